The molecule has 1 aromatic carbocycles. The molecule has 1 atom stereocenters. The molecule has 1 aliphatic heterocycles. The van der Waals surface area contributed by atoms with E-state index in [1.54, 1.807) is 32.9 Å². The fraction of sp³-hybridized carbons (Fsp3) is 0.500. The van der Waals surface area contributed by atoms with Crippen LogP contribution in [-0.2, 0) is 22.6 Å². The molecule has 0 aliphatic carbocycles. The van der Waals surface area contributed by atoms with Crippen LogP contribution in [0.1, 0.15) is 40.4 Å². The van der Waals surface area contributed by atoms with Gasteiger partial charge in [-0.15, -0.1) is 0 Å². The molecule has 0 spiro atoms. The van der Waals surface area contributed by atoms with E-state index in [9.17, 15) is 14.0 Å². The highest BCUT2D eigenvalue weighted by Gasteiger charge is 2.37. The zero-order valence-electron chi connectivity index (χ0n) is 18.4. The van der Waals surface area contributed by atoms with Crippen LogP contribution in [0.4, 0.5) is 9.18 Å². The molecule has 1 N–H and O–H groups in total. The Morgan fingerprint density at radius 1 is 1.35 bits per heavy atom. The normalized spacial score (nSPS) is 17.0. The lowest BCUT2D eigenvalue weighted by atomic mass is 9.99. The smallest absolute Gasteiger partial charge is 0.408 e. The highest BCUT2D eigenvalue weighted by atomic mass is 79.9. The summed E-state index contributed by atoms with van der Waals surface area (Å²) in [5.41, 5.74) is 0.617. The molecule has 2 heterocycles. The Hall–Kier alpha value is -2.26. The van der Waals surface area contributed by atoms with Crippen LogP contribution in [-0.4, -0.2) is 50.6 Å². The van der Waals surface area contributed by atoms with E-state index in [1.807, 2.05) is 0 Å². The van der Waals surface area contributed by atoms with E-state index in [-0.39, 0.29) is 11.4 Å². The molecular weight excluding hydrogens is 467 g/mol. The number of nitrogens with one attached hydrogen (secondary N) is 1. The first kappa shape index (κ1) is 23.4. The first-order valence-electron chi connectivity index (χ1n) is 10.1. The van der Waals surface area contributed by atoms with Gasteiger partial charge < -0.3 is 19.4 Å². The molecule has 1 unspecified atom stereocenters. The molecule has 1 aliphatic rings. The summed E-state index contributed by atoms with van der Waals surface area (Å²) in [6.45, 7) is 10.9. The van der Waals surface area contributed by atoms with Gasteiger partial charge in [0, 0.05) is 24.2 Å². The fourth-order valence-corrected chi connectivity index (χ4v) is 4.20. The highest BCUT2D eigenvalue weighted by molar-refractivity contribution is 9.10. The summed E-state index contributed by atoms with van der Waals surface area (Å²) in [6.07, 6.45) is 0.100. The lowest BCUT2D eigenvalue weighted by molar-refractivity contribution is -0.110. The second kappa shape index (κ2) is 8.70. The van der Waals surface area contributed by atoms with Crippen molar-refractivity contribution in [1.29, 1.82) is 0 Å². The van der Waals surface area contributed by atoms with E-state index in [1.165, 1.54) is 12.1 Å². The molecule has 0 saturated heterocycles. The third kappa shape index (κ3) is 5.51. The van der Waals surface area contributed by atoms with E-state index in [2.05, 4.69) is 44.6 Å². The number of aldehydes is 1. The number of nitrogens with zero attached hydrogens (tertiary/aromatic N) is 3. The van der Waals surface area contributed by atoms with Crippen LogP contribution in [0.15, 0.2) is 28.9 Å². The van der Waals surface area contributed by atoms with E-state index in [0.29, 0.717) is 19.6 Å². The molecule has 1 aromatic heterocycles. The summed E-state index contributed by atoms with van der Waals surface area (Å²) in [5, 5.41) is 2.64. The molecule has 31 heavy (non-hydrogen) atoms. The van der Waals surface area contributed by atoms with Crippen LogP contribution in [0.3, 0.4) is 0 Å². The van der Waals surface area contributed by atoms with Gasteiger partial charge in [-0.1, -0.05) is 0 Å². The number of rotatable bonds is 5. The molecule has 0 radical (unpaired) electrons. The molecular formula is C22H28BrFN4O3. The summed E-state index contributed by atoms with van der Waals surface area (Å²) in [7, 11) is 0. The molecule has 0 saturated carbocycles. The number of carbonyl (C=O) groups is 2. The summed E-state index contributed by atoms with van der Waals surface area (Å²) in [6, 6.07) is 5.51. The van der Waals surface area contributed by atoms with Gasteiger partial charge in [-0.3, -0.25) is 4.90 Å². The predicted octanol–water partition coefficient (Wildman–Crippen LogP) is 4.14. The largest absolute Gasteiger partial charge is 0.444 e. The molecule has 0 bridgehead atoms. The SMILES string of the molecule is CC(C)(C)OC(=O)NC(C=O)CN1Cc2nc(-c3ccc(F)cc3)c(Br)n2CC1(C)C. The lowest BCUT2D eigenvalue weighted by Crippen LogP contribution is -2.56. The second-order valence-electron chi connectivity index (χ2n) is 9.34. The Morgan fingerprint density at radius 2 is 2.00 bits per heavy atom. The predicted molar refractivity (Wildman–Crippen MR) is 119 cm³/mol. The maximum Gasteiger partial charge on any atom is 0.408 e. The number of halogens is 2. The average molecular weight is 495 g/mol. The molecule has 168 valence electrons. The molecule has 7 nitrogen and oxygen atoms in total. The quantitative estimate of drug-likeness (QED) is 0.632. The summed E-state index contributed by atoms with van der Waals surface area (Å²) in [4.78, 5) is 30.6. The van der Waals surface area contributed by atoms with Gasteiger partial charge in [-0.25, -0.2) is 14.2 Å². The van der Waals surface area contributed by atoms with Gasteiger partial charge in [-0.2, -0.15) is 0 Å². The minimum Gasteiger partial charge on any atom is -0.444 e. The number of carbonyl (C=O) groups excluding carboxylic acids is 2. The number of hydrogen-bond acceptors (Lipinski definition) is 5. The van der Waals surface area contributed by atoms with Gasteiger partial charge in [0.1, 0.15) is 39.9 Å². The van der Waals surface area contributed by atoms with Crippen molar-refractivity contribution in [3.8, 4) is 11.3 Å². The fourth-order valence-electron chi connectivity index (χ4n) is 3.55. The Kier molecular flexibility index (Phi) is 6.57. The van der Waals surface area contributed by atoms with E-state index in [0.717, 1.165) is 28.0 Å². The molecule has 2 aromatic rings. The van der Waals surface area contributed by atoms with Crippen LogP contribution in [0.2, 0.25) is 0 Å². The van der Waals surface area contributed by atoms with Gasteiger partial charge in [-0.05, 0) is 74.8 Å². The topological polar surface area (TPSA) is 76.5 Å². The number of benzene rings is 1. The minimum atomic E-state index is -0.712. The number of alkyl carbamates (subject to hydrolysis) is 1. The maximum atomic E-state index is 13.3. The summed E-state index contributed by atoms with van der Waals surface area (Å²) < 4.78 is 21.5. The van der Waals surface area contributed by atoms with Crippen molar-refractivity contribution in [2.75, 3.05) is 6.54 Å². The molecule has 9 heteroatoms. The molecule has 0 fully saturated rings. The Morgan fingerprint density at radius 3 is 2.58 bits per heavy atom. The van der Waals surface area contributed by atoms with Crippen LogP contribution in [0.25, 0.3) is 11.3 Å². The van der Waals surface area contributed by atoms with Crippen molar-refractivity contribution >= 4 is 28.3 Å². The van der Waals surface area contributed by atoms with Gasteiger partial charge >= 0.3 is 6.09 Å². The highest BCUT2D eigenvalue weighted by Crippen LogP contribution is 2.35. The number of ether oxygens (including phenoxy) is 1. The number of imidazole rings is 1. The van der Waals surface area contributed by atoms with Gasteiger partial charge in [0.05, 0.1) is 6.54 Å². The van der Waals surface area contributed by atoms with Gasteiger partial charge in [0.15, 0.2) is 0 Å². The van der Waals surface area contributed by atoms with Gasteiger partial charge in [0.2, 0.25) is 0 Å². The summed E-state index contributed by atoms with van der Waals surface area (Å²) in [5.74, 6) is 0.529. The third-order valence-corrected chi connectivity index (χ3v) is 5.92. The lowest BCUT2D eigenvalue weighted by Gasteiger charge is -2.43. The number of fused-ring (bicyclic) bond motifs is 1. The number of hydrogen-bond donors (Lipinski definition) is 1. The standard InChI is InChI=1S/C22H28BrFN4O3/c1-21(2,3)31-20(30)25-16(12-29)10-27-11-17-26-18(14-6-8-15(24)9-7-14)19(23)28(17)13-22(27,4)5/h6-9,12,16H,10-11,13H2,1-5H3,(H,25,30). The Bertz CT molecular complexity index is 966. The maximum absolute atomic E-state index is 13.3. The number of aromatic nitrogens is 2. The Labute approximate surface area is 190 Å². The minimum absolute atomic E-state index is 0.298. The average Bonchev–Trinajstić information content (AvgIpc) is 2.95. The van der Waals surface area contributed by atoms with Crippen molar-refractivity contribution in [1.82, 2.24) is 19.8 Å². The first-order chi connectivity index (χ1) is 14.4. The van der Waals surface area contributed by atoms with Crippen LogP contribution in [0.5, 0.6) is 0 Å². The third-order valence-electron chi connectivity index (χ3n) is 5.12. The van der Waals surface area contributed by atoms with Crippen LogP contribution < -0.4 is 5.32 Å². The first-order valence-corrected chi connectivity index (χ1v) is 10.9. The zero-order chi connectivity index (χ0) is 23.0. The summed E-state index contributed by atoms with van der Waals surface area (Å²) >= 11 is 3.65. The zero-order valence-corrected chi connectivity index (χ0v) is 20.0. The van der Waals surface area contributed by atoms with Gasteiger partial charge in [0.25, 0.3) is 0 Å². The monoisotopic (exact) mass is 494 g/mol. The van der Waals surface area contributed by atoms with Crippen molar-refractivity contribution in [2.45, 2.75) is 64.9 Å². The van der Waals surface area contributed by atoms with Crippen molar-refractivity contribution < 1.29 is 18.7 Å². The van der Waals surface area contributed by atoms with Crippen molar-refractivity contribution in [3.63, 3.8) is 0 Å². The van der Waals surface area contributed by atoms with E-state index >= 15 is 0 Å². The van der Waals surface area contributed by atoms with E-state index < -0.39 is 17.7 Å². The van der Waals surface area contributed by atoms with Crippen molar-refractivity contribution in [3.05, 3.63) is 40.5 Å². The van der Waals surface area contributed by atoms with Crippen molar-refractivity contribution in [2.24, 2.45) is 0 Å². The number of amides is 1. The van der Waals surface area contributed by atoms with Crippen LogP contribution >= 0.6 is 15.9 Å². The Balaban J connectivity index is 1.79. The van der Waals surface area contributed by atoms with Crippen LogP contribution in [0, 0.1) is 5.82 Å². The molecule has 3 rings (SSSR count). The second-order valence-corrected chi connectivity index (χ2v) is 10.1. The molecule has 1 amide bonds. The van der Waals surface area contributed by atoms with E-state index in [4.69, 9.17) is 9.72 Å².